The number of rotatable bonds is 3. The van der Waals surface area contributed by atoms with Crippen LogP contribution in [-0.2, 0) is 4.79 Å². The van der Waals surface area contributed by atoms with Gasteiger partial charge in [0.05, 0.1) is 0 Å². The third kappa shape index (κ3) is 3.44. The van der Waals surface area contributed by atoms with Gasteiger partial charge in [0.15, 0.2) is 0 Å². The number of hydrogen-bond acceptors (Lipinski definition) is 3. The summed E-state index contributed by atoms with van der Waals surface area (Å²) in [6.07, 6.45) is -1.06. The zero-order chi connectivity index (χ0) is 9.72. The maximum Gasteiger partial charge on any atom is 0.405 e. The monoisotopic (exact) mass is 162 g/mol. The molecule has 0 bridgehead atoms. The SMILES string of the molecule is [2H]OC(=O)N[C@H](C(=O)O)C(C)C. The third-order valence-electron chi connectivity index (χ3n) is 1.21. The summed E-state index contributed by atoms with van der Waals surface area (Å²) in [5.41, 5.74) is 0. The van der Waals surface area contributed by atoms with Gasteiger partial charge in [0.1, 0.15) is 6.04 Å². The van der Waals surface area contributed by atoms with Gasteiger partial charge in [-0.25, -0.2) is 9.59 Å². The molecule has 5 heteroatoms. The lowest BCUT2D eigenvalue weighted by atomic mass is 10.1. The number of carboxylic acid groups (broad SMARTS) is 2. The van der Waals surface area contributed by atoms with Crippen LogP contribution in [0.1, 0.15) is 13.8 Å². The van der Waals surface area contributed by atoms with Crippen LogP contribution >= 0.6 is 0 Å². The minimum absolute atomic E-state index is 0.249. The van der Waals surface area contributed by atoms with Gasteiger partial charge >= 0.3 is 12.1 Å². The average Bonchev–Trinajstić information content (AvgIpc) is 1.98. The summed E-state index contributed by atoms with van der Waals surface area (Å²) in [5.74, 6) is -1.39. The molecule has 0 rings (SSSR count). The topological polar surface area (TPSA) is 86.6 Å². The molecule has 0 radical (unpaired) electrons. The molecule has 11 heavy (non-hydrogen) atoms. The molecule has 0 fully saturated rings. The van der Waals surface area contributed by atoms with Crippen LogP contribution in [0.3, 0.4) is 0 Å². The minimum atomic E-state index is -1.14. The van der Waals surface area contributed by atoms with Gasteiger partial charge in [0.25, 0.3) is 1.43 Å². The Morgan fingerprint density at radius 3 is 2.36 bits per heavy atom. The summed E-state index contributed by atoms with van der Waals surface area (Å²) in [5, 5.41) is 14.1. The van der Waals surface area contributed by atoms with Crippen LogP contribution in [0, 0.1) is 5.92 Å². The molecule has 0 saturated heterocycles. The normalized spacial score (nSPS) is 13.5. The van der Waals surface area contributed by atoms with Crippen LogP contribution in [0.4, 0.5) is 4.79 Å². The van der Waals surface area contributed by atoms with E-state index in [1.54, 1.807) is 13.8 Å². The maximum atomic E-state index is 10.5. The zero-order valence-corrected chi connectivity index (χ0v) is 6.33. The summed E-state index contributed by atoms with van der Waals surface area (Å²) in [6, 6.07) is -1.01. The quantitative estimate of drug-likeness (QED) is 0.559. The highest BCUT2D eigenvalue weighted by molar-refractivity contribution is 5.79. The van der Waals surface area contributed by atoms with Crippen molar-refractivity contribution in [3.8, 4) is 0 Å². The van der Waals surface area contributed by atoms with E-state index in [0.717, 1.165) is 0 Å². The number of hydrogen-bond donors (Lipinski definition) is 3. The summed E-state index contributed by atoms with van der Waals surface area (Å²) >= 11 is 0. The summed E-state index contributed by atoms with van der Waals surface area (Å²) < 4.78 is 6.18. The van der Waals surface area contributed by atoms with E-state index in [9.17, 15) is 9.59 Å². The molecule has 5 nitrogen and oxygen atoms in total. The van der Waals surface area contributed by atoms with E-state index in [0.29, 0.717) is 0 Å². The minimum Gasteiger partial charge on any atom is -0.480 e. The van der Waals surface area contributed by atoms with Crippen molar-refractivity contribution >= 4 is 12.1 Å². The first-order valence-electron chi connectivity index (χ1n) is 3.56. The van der Waals surface area contributed by atoms with Crippen molar-refractivity contribution in [1.82, 2.24) is 5.32 Å². The Bertz CT molecular complexity index is 182. The molecule has 0 saturated carbocycles. The molecule has 0 aromatic rings. The zero-order valence-electron chi connectivity index (χ0n) is 7.33. The predicted octanol–water partition coefficient (Wildman–Crippen LogP) is 0.363. The fourth-order valence-electron chi connectivity index (χ4n) is 0.641. The fourth-order valence-corrected chi connectivity index (χ4v) is 0.641. The largest absolute Gasteiger partial charge is 0.480 e. The molecule has 0 aliphatic rings. The maximum absolute atomic E-state index is 10.5. The molecule has 0 aromatic carbocycles. The van der Waals surface area contributed by atoms with Crippen LogP contribution in [0.5, 0.6) is 0 Å². The Hall–Kier alpha value is -1.26. The van der Waals surface area contributed by atoms with Gasteiger partial charge in [0.2, 0.25) is 0 Å². The molecular weight excluding hydrogens is 150 g/mol. The molecule has 0 aliphatic carbocycles. The number of nitrogens with one attached hydrogen (secondary N) is 1. The van der Waals surface area contributed by atoms with E-state index < -0.39 is 18.1 Å². The third-order valence-corrected chi connectivity index (χ3v) is 1.21. The molecule has 1 atom stereocenters. The highest BCUT2D eigenvalue weighted by Crippen LogP contribution is 2.00. The number of aliphatic carboxylic acids is 1. The van der Waals surface area contributed by atoms with E-state index in [1.807, 2.05) is 5.32 Å². The lowest BCUT2D eigenvalue weighted by Crippen LogP contribution is -2.43. The van der Waals surface area contributed by atoms with Gasteiger partial charge in [0, 0.05) is 0 Å². The van der Waals surface area contributed by atoms with Gasteiger partial charge in [-0.05, 0) is 5.92 Å². The average molecular weight is 162 g/mol. The smallest absolute Gasteiger partial charge is 0.405 e. The second kappa shape index (κ2) is 3.80. The van der Waals surface area contributed by atoms with E-state index in [4.69, 9.17) is 6.54 Å². The lowest BCUT2D eigenvalue weighted by Gasteiger charge is -2.14. The van der Waals surface area contributed by atoms with Crippen molar-refractivity contribution in [2.75, 3.05) is 0 Å². The summed E-state index contributed by atoms with van der Waals surface area (Å²) in [7, 11) is 0. The highest BCUT2D eigenvalue weighted by atomic mass is 16.4. The van der Waals surface area contributed by atoms with Crippen molar-refractivity contribution in [3.63, 3.8) is 0 Å². The Morgan fingerprint density at radius 1 is 1.55 bits per heavy atom. The molecule has 0 spiro atoms. The van der Waals surface area contributed by atoms with Gasteiger partial charge in [-0.2, -0.15) is 0 Å². The van der Waals surface area contributed by atoms with Crippen molar-refractivity contribution in [2.45, 2.75) is 19.9 Å². The van der Waals surface area contributed by atoms with E-state index in [2.05, 4.69) is 5.11 Å². The fraction of sp³-hybridized carbons (Fsp3) is 0.667. The Balaban J connectivity index is 4.14. The Kier molecular flexibility index (Phi) is 2.71. The standard InChI is InChI=1S/C6H11NO4/c1-3(2)4(5(8)9)7-6(10)11/h3-4,7H,1-2H3,(H,8,9)(H,10,11)/t4-/m0/s1/i/hD. The summed E-state index contributed by atoms with van der Waals surface area (Å²) in [6.45, 7) is 3.28. The molecule has 0 unspecified atom stereocenters. The van der Waals surface area contributed by atoms with Crippen LogP contribution in [-0.4, -0.2) is 28.3 Å². The Morgan fingerprint density at radius 2 is 2.09 bits per heavy atom. The van der Waals surface area contributed by atoms with E-state index >= 15 is 0 Å². The van der Waals surface area contributed by atoms with Gasteiger partial charge in [-0.15, -0.1) is 0 Å². The van der Waals surface area contributed by atoms with E-state index in [-0.39, 0.29) is 5.92 Å². The van der Waals surface area contributed by atoms with Crippen LogP contribution in [0.2, 0.25) is 0 Å². The first kappa shape index (κ1) is 7.84. The molecule has 0 aliphatic heterocycles. The van der Waals surface area contributed by atoms with Crippen molar-refractivity contribution in [2.24, 2.45) is 5.92 Å². The van der Waals surface area contributed by atoms with Crippen molar-refractivity contribution in [1.29, 1.82) is 1.43 Å². The lowest BCUT2D eigenvalue weighted by molar-refractivity contribution is -0.140. The van der Waals surface area contributed by atoms with E-state index in [1.165, 1.54) is 0 Å². The van der Waals surface area contributed by atoms with Crippen LogP contribution < -0.4 is 5.32 Å². The molecule has 0 heterocycles. The van der Waals surface area contributed by atoms with Crippen LogP contribution in [0.25, 0.3) is 1.43 Å². The summed E-state index contributed by atoms with van der Waals surface area (Å²) in [4.78, 5) is 20.9. The van der Waals surface area contributed by atoms with Gasteiger partial charge in [-0.1, -0.05) is 13.8 Å². The number of amides is 1. The molecule has 1 amide bonds. The molecule has 0 aromatic heterocycles. The molecular formula is C6H11NO4. The van der Waals surface area contributed by atoms with Crippen molar-refractivity contribution in [3.05, 3.63) is 0 Å². The number of carbonyl (C=O) groups is 2. The van der Waals surface area contributed by atoms with Gasteiger partial charge < -0.3 is 15.5 Å². The Labute approximate surface area is 65.5 Å². The van der Waals surface area contributed by atoms with Crippen molar-refractivity contribution < 1.29 is 19.8 Å². The molecule has 64 valence electrons. The molecule has 3 N–H and O–H groups in total. The number of carboxylic acids is 1. The predicted molar refractivity (Wildman–Crippen MR) is 37.4 cm³/mol. The highest BCUT2D eigenvalue weighted by Gasteiger charge is 2.22. The van der Waals surface area contributed by atoms with Gasteiger partial charge in [-0.3, -0.25) is 0 Å². The first-order chi connectivity index (χ1) is 5.49. The first-order valence-corrected chi connectivity index (χ1v) is 3.15. The van der Waals surface area contributed by atoms with Crippen LogP contribution in [0.15, 0.2) is 0 Å². The second-order valence-corrected chi connectivity index (χ2v) is 2.49. The second-order valence-electron chi connectivity index (χ2n) is 2.49.